The summed E-state index contributed by atoms with van der Waals surface area (Å²) >= 11 is 0. The predicted molar refractivity (Wildman–Crippen MR) is 116 cm³/mol. The van der Waals surface area contributed by atoms with Gasteiger partial charge >= 0.3 is 0 Å². The monoisotopic (exact) mass is 373 g/mol. The molecule has 0 fully saturated rings. The van der Waals surface area contributed by atoms with E-state index >= 15 is 0 Å². The molecule has 0 aromatic carbocycles. The molecule has 0 unspecified atom stereocenters. The third kappa shape index (κ3) is 6.56. The van der Waals surface area contributed by atoms with E-state index < -0.39 is 16.8 Å². The molecule has 0 aliphatic heterocycles. The van der Waals surface area contributed by atoms with E-state index in [-0.39, 0.29) is 0 Å². The first-order valence-electron chi connectivity index (χ1n) is 10.5. The maximum Gasteiger partial charge on any atom is 0.194 e. The molecule has 0 N–H and O–H groups in total. The van der Waals surface area contributed by atoms with Gasteiger partial charge in [-0.25, -0.2) is 0 Å². The molecule has 0 heterocycles. The van der Waals surface area contributed by atoms with Crippen LogP contribution >= 0.6 is 0 Å². The first-order chi connectivity index (χ1) is 11.2. The molecule has 0 aromatic rings. The Bertz CT molecular complexity index is 282. The molecule has 5 heteroatoms. The molecule has 0 bridgehead atoms. The molecule has 0 saturated heterocycles. The summed E-state index contributed by atoms with van der Waals surface area (Å²) in [6, 6.07) is 0. The zero-order chi connectivity index (χ0) is 18.8. The van der Waals surface area contributed by atoms with Crippen LogP contribution in [0.3, 0.4) is 0 Å². The van der Waals surface area contributed by atoms with Crippen LogP contribution in [0, 0.1) is 0 Å². The summed E-state index contributed by atoms with van der Waals surface area (Å²) in [5.74, 6) is 0. The summed E-state index contributed by atoms with van der Waals surface area (Å²) in [6.07, 6.45) is 6.35. The van der Waals surface area contributed by atoms with Gasteiger partial charge in [-0.05, 0) is 91.0 Å². The van der Waals surface area contributed by atoms with Gasteiger partial charge in [0.05, 0.1) is 0 Å². The fraction of sp³-hybridized carbons (Fsp3) is 1.00. The van der Waals surface area contributed by atoms with Crippen LogP contribution in [0.4, 0.5) is 0 Å². The highest BCUT2D eigenvalue weighted by Gasteiger charge is 2.46. The van der Waals surface area contributed by atoms with Crippen molar-refractivity contribution in [3.63, 3.8) is 0 Å². The van der Waals surface area contributed by atoms with E-state index in [0.29, 0.717) is 0 Å². The highest BCUT2D eigenvalue weighted by atomic mass is 28.4. The van der Waals surface area contributed by atoms with Crippen molar-refractivity contribution in [2.75, 3.05) is 32.7 Å². The molecule has 3 nitrogen and oxygen atoms in total. The lowest BCUT2D eigenvalue weighted by molar-refractivity contribution is 0.340. The molecular weight excluding hydrogens is 326 g/mol. The van der Waals surface area contributed by atoms with E-state index in [2.05, 4.69) is 74.2 Å². The van der Waals surface area contributed by atoms with E-state index in [1.807, 2.05) is 0 Å². The quantitative estimate of drug-likeness (QED) is 0.380. The Hall–Kier alpha value is 0.314. The van der Waals surface area contributed by atoms with Crippen LogP contribution in [0.15, 0.2) is 0 Å². The van der Waals surface area contributed by atoms with Crippen LogP contribution < -0.4 is 0 Å². The van der Waals surface area contributed by atoms with Crippen molar-refractivity contribution < 1.29 is 0 Å². The SMILES string of the molecule is CCCN(CCC)[Si](C)(C)N(CCC)[Si](C)(C)N(CCC)CCC. The Kier molecular flexibility index (Phi) is 12.0. The minimum atomic E-state index is -1.59. The van der Waals surface area contributed by atoms with Crippen LogP contribution in [0.1, 0.15) is 66.7 Å². The Balaban J connectivity index is 5.67. The molecule has 0 radical (unpaired) electrons. The van der Waals surface area contributed by atoms with Crippen molar-refractivity contribution in [3.8, 4) is 0 Å². The lowest BCUT2D eigenvalue weighted by Crippen LogP contribution is -2.74. The molecule has 0 saturated carbocycles. The maximum atomic E-state index is 3.04. The normalized spacial score (nSPS) is 13.5. The fourth-order valence-corrected chi connectivity index (χ4v) is 15.7. The van der Waals surface area contributed by atoms with E-state index in [1.165, 1.54) is 64.8 Å². The zero-order valence-electron chi connectivity index (χ0n) is 18.4. The summed E-state index contributed by atoms with van der Waals surface area (Å²) in [4.78, 5) is 0. The van der Waals surface area contributed by atoms with Gasteiger partial charge in [-0.2, -0.15) is 0 Å². The summed E-state index contributed by atoms with van der Waals surface area (Å²) in [7, 11) is -3.19. The van der Waals surface area contributed by atoms with Gasteiger partial charge in [0.15, 0.2) is 16.8 Å². The molecule has 24 heavy (non-hydrogen) atoms. The minimum absolute atomic E-state index is 1.26. The average molecular weight is 374 g/mol. The van der Waals surface area contributed by atoms with E-state index in [4.69, 9.17) is 0 Å². The van der Waals surface area contributed by atoms with Crippen molar-refractivity contribution in [3.05, 3.63) is 0 Å². The second kappa shape index (κ2) is 11.8. The van der Waals surface area contributed by atoms with Gasteiger partial charge in [0.2, 0.25) is 0 Å². The van der Waals surface area contributed by atoms with E-state index in [0.717, 1.165) is 0 Å². The number of hydrogen-bond donors (Lipinski definition) is 0. The highest BCUT2D eigenvalue weighted by Crippen LogP contribution is 2.27. The van der Waals surface area contributed by atoms with Crippen LogP contribution in [0.5, 0.6) is 0 Å². The lowest BCUT2D eigenvalue weighted by Gasteiger charge is -2.54. The maximum absolute atomic E-state index is 3.04. The third-order valence-electron chi connectivity index (χ3n) is 5.29. The topological polar surface area (TPSA) is 9.72 Å². The number of nitrogens with zero attached hydrogens (tertiary/aromatic N) is 3. The van der Waals surface area contributed by atoms with Gasteiger partial charge in [-0.15, -0.1) is 0 Å². The van der Waals surface area contributed by atoms with Crippen molar-refractivity contribution in [1.82, 2.24) is 13.4 Å². The van der Waals surface area contributed by atoms with Gasteiger partial charge < -0.3 is 13.4 Å². The van der Waals surface area contributed by atoms with Gasteiger partial charge in [0.1, 0.15) is 0 Å². The molecule has 0 spiro atoms. The Morgan fingerprint density at radius 2 is 0.708 bits per heavy atom. The summed E-state index contributed by atoms with van der Waals surface area (Å²) in [6.45, 7) is 28.5. The third-order valence-corrected chi connectivity index (χ3v) is 15.7. The summed E-state index contributed by atoms with van der Waals surface area (Å²) in [5, 5.41) is 0. The van der Waals surface area contributed by atoms with Gasteiger partial charge in [0.25, 0.3) is 0 Å². The predicted octanol–water partition coefficient (Wildman–Crippen LogP) is 5.35. The molecule has 0 rings (SSSR count). The molecule has 0 aromatic heterocycles. The fourth-order valence-electron chi connectivity index (χ4n) is 4.18. The molecular formula is C19H47N3Si2. The summed E-state index contributed by atoms with van der Waals surface area (Å²) in [5.41, 5.74) is 0. The van der Waals surface area contributed by atoms with Crippen molar-refractivity contribution in [2.24, 2.45) is 0 Å². The molecule has 0 aliphatic rings. The zero-order valence-corrected chi connectivity index (χ0v) is 20.4. The number of rotatable bonds is 14. The molecule has 146 valence electrons. The molecule has 0 aliphatic carbocycles. The summed E-state index contributed by atoms with van der Waals surface area (Å²) < 4.78 is 8.78. The van der Waals surface area contributed by atoms with Crippen molar-refractivity contribution in [2.45, 2.75) is 92.9 Å². The van der Waals surface area contributed by atoms with Crippen LogP contribution in [0.25, 0.3) is 0 Å². The van der Waals surface area contributed by atoms with Gasteiger partial charge in [0, 0.05) is 0 Å². The Morgan fingerprint density at radius 1 is 0.458 bits per heavy atom. The van der Waals surface area contributed by atoms with Crippen LogP contribution in [-0.4, -0.2) is 62.9 Å². The Morgan fingerprint density at radius 3 is 0.917 bits per heavy atom. The van der Waals surface area contributed by atoms with E-state index in [9.17, 15) is 0 Å². The largest absolute Gasteiger partial charge is 0.322 e. The molecule has 0 amide bonds. The first-order valence-corrected chi connectivity index (χ1v) is 16.3. The van der Waals surface area contributed by atoms with Crippen molar-refractivity contribution >= 4 is 16.8 Å². The highest BCUT2D eigenvalue weighted by molar-refractivity contribution is 6.88. The van der Waals surface area contributed by atoms with E-state index in [1.54, 1.807) is 0 Å². The van der Waals surface area contributed by atoms with Gasteiger partial charge in [-0.1, -0.05) is 34.6 Å². The van der Waals surface area contributed by atoms with Gasteiger partial charge in [-0.3, -0.25) is 0 Å². The van der Waals surface area contributed by atoms with Crippen LogP contribution in [-0.2, 0) is 0 Å². The first kappa shape index (κ1) is 24.3. The Labute approximate surface area is 156 Å². The standard InChI is InChI=1S/C19H47N3Si2/c1-10-15-20(16-11-2)23(6,7)22(19-14-5)24(8,9)21(17-12-3)18-13-4/h10-19H2,1-9H3. The number of hydrogen-bond acceptors (Lipinski definition) is 3. The smallest absolute Gasteiger partial charge is 0.194 e. The second-order valence-corrected chi connectivity index (χ2v) is 16.9. The van der Waals surface area contributed by atoms with Crippen LogP contribution in [0.2, 0.25) is 26.2 Å². The second-order valence-electron chi connectivity index (χ2n) is 8.11. The molecule has 0 atom stereocenters. The average Bonchev–Trinajstić information content (AvgIpc) is 2.51. The lowest BCUT2D eigenvalue weighted by atomic mass is 10.4. The van der Waals surface area contributed by atoms with Crippen molar-refractivity contribution in [1.29, 1.82) is 0 Å². The minimum Gasteiger partial charge on any atom is -0.322 e.